The third-order valence-corrected chi connectivity index (χ3v) is 8.91. The average molecular weight is 623 g/mol. The molecule has 3 aromatic heterocycles. The van der Waals surface area contributed by atoms with Crippen LogP contribution in [0.1, 0.15) is 53.4 Å². The predicted octanol–water partition coefficient (Wildman–Crippen LogP) is 6.87. The number of hydrogen-bond donors (Lipinski definition) is 3. The molecule has 0 fully saturated rings. The van der Waals surface area contributed by atoms with Crippen LogP contribution in [0.2, 0.25) is 5.02 Å². The van der Waals surface area contributed by atoms with Crippen molar-refractivity contribution in [1.82, 2.24) is 29.7 Å². The van der Waals surface area contributed by atoms with E-state index in [4.69, 9.17) is 16.6 Å². The van der Waals surface area contributed by atoms with Gasteiger partial charge in [-0.05, 0) is 67.4 Å². The number of nitrogens with zero attached hydrogens (tertiary/aromatic N) is 5. The van der Waals surface area contributed by atoms with Crippen LogP contribution in [0, 0.1) is 6.92 Å². The molecule has 4 heterocycles. The number of pyridine rings is 2. The number of aromatic nitrogens is 4. The van der Waals surface area contributed by atoms with Crippen molar-refractivity contribution in [2.45, 2.75) is 46.7 Å². The number of rotatable bonds is 10. The summed E-state index contributed by atoms with van der Waals surface area (Å²) in [6.45, 7) is 10.9. The van der Waals surface area contributed by atoms with Gasteiger partial charge in [-0.25, -0.2) is 9.97 Å². The first-order valence-electron chi connectivity index (χ1n) is 15.6. The van der Waals surface area contributed by atoms with E-state index in [2.05, 4.69) is 57.7 Å². The monoisotopic (exact) mass is 622 g/mol. The fraction of sp³-hybridized carbons (Fsp3) is 0.314. The van der Waals surface area contributed by atoms with E-state index in [0.29, 0.717) is 28.9 Å². The van der Waals surface area contributed by atoms with E-state index in [9.17, 15) is 4.79 Å². The molecule has 5 aromatic rings. The van der Waals surface area contributed by atoms with Gasteiger partial charge in [0.1, 0.15) is 5.52 Å². The lowest BCUT2D eigenvalue weighted by atomic mass is 9.98. The highest BCUT2D eigenvalue weighted by atomic mass is 35.5. The SMILES string of the molecule is CCCN(CC)Cc1cnc2c(Nc3cccc(-c4cccc(NC(=O)c5nc6c(n5C)CCNC6)c4Cl)c3C)nccc2c1. The van der Waals surface area contributed by atoms with Crippen molar-refractivity contribution in [2.24, 2.45) is 7.05 Å². The standard InChI is InChI=1S/C35H39ClN8O/c1-5-17-44(6-2)21-23-18-24-13-16-38-33(32(24)39-19-23)40-27-11-7-9-25(22(27)3)26-10-8-12-28(31(26)36)42-35(45)34-41-29-20-37-15-14-30(29)43(34)4/h7-13,16,18-19,37H,5-6,14-15,17,20-21H2,1-4H3,(H,38,40)(H,42,45). The zero-order valence-corrected chi connectivity index (χ0v) is 27.0. The Bertz CT molecular complexity index is 1870. The number of fused-ring (bicyclic) bond motifs is 2. The van der Waals surface area contributed by atoms with E-state index >= 15 is 0 Å². The minimum atomic E-state index is -0.288. The van der Waals surface area contributed by atoms with Crippen molar-refractivity contribution in [2.75, 3.05) is 30.3 Å². The van der Waals surface area contributed by atoms with Crippen molar-refractivity contribution in [3.63, 3.8) is 0 Å². The molecule has 0 aliphatic carbocycles. The largest absolute Gasteiger partial charge is 0.338 e. The Morgan fingerprint density at radius 1 is 1.09 bits per heavy atom. The van der Waals surface area contributed by atoms with Crippen LogP contribution >= 0.6 is 11.6 Å². The summed E-state index contributed by atoms with van der Waals surface area (Å²) in [5, 5.41) is 11.3. The topological polar surface area (TPSA) is 100 Å². The molecule has 1 aliphatic rings. The van der Waals surface area contributed by atoms with Crippen LogP contribution in [0.4, 0.5) is 17.2 Å². The smallest absolute Gasteiger partial charge is 0.291 e. The highest BCUT2D eigenvalue weighted by Crippen LogP contribution is 2.38. The third-order valence-electron chi connectivity index (χ3n) is 8.50. The number of amides is 1. The summed E-state index contributed by atoms with van der Waals surface area (Å²) >= 11 is 6.96. The van der Waals surface area contributed by atoms with Crippen molar-refractivity contribution in [3.05, 3.63) is 94.3 Å². The molecule has 9 nitrogen and oxygen atoms in total. The summed E-state index contributed by atoms with van der Waals surface area (Å²) in [5.41, 5.74) is 8.22. The Hall–Kier alpha value is -4.31. The van der Waals surface area contributed by atoms with E-state index in [1.807, 2.05) is 66.5 Å². The zero-order chi connectivity index (χ0) is 31.5. The maximum atomic E-state index is 13.3. The summed E-state index contributed by atoms with van der Waals surface area (Å²) in [5.74, 6) is 0.781. The molecule has 0 unspecified atom stereocenters. The van der Waals surface area contributed by atoms with Crippen LogP contribution in [0.25, 0.3) is 22.0 Å². The number of benzene rings is 2. The van der Waals surface area contributed by atoms with Crippen LogP contribution in [0.5, 0.6) is 0 Å². The first-order valence-corrected chi connectivity index (χ1v) is 15.9. The number of hydrogen-bond acceptors (Lipinski definition) is 7. The average Bonchev–Trinajstić information content (AvgIpc) is 3.39. The van der Waals surface area contributed by atoms with Gasteiger partial charge in [-0.15, -0.1) is 0 Å². The van der Waals surface area contributed by atoms with Crippen molar-refractivity contribution >= 4 is 45.6 Å². The lowest BCUT2D eigenvalue weighted by Gasteiger charge is -2.19. The zero-order valence-electron chi connectivity index (χ0n) is 26.2. The molecule has 0 saturated carbocycles. The van der Waals surface area contributed by atoms with Crippen LogP contribution in [0.3, 0.4) is 0 Å². The number of imidazole rings is 1. The molecule has 0 saturated heterocycles. The number of halogens is 1. The van der Waals surface area contributed by atoms with Crippen molar-refractivity contribution in [1.29, 1.82) is 0 Å². The summed E-state index contributed by atoms with van der Waals surface area (Å²) in [7, 11) is 1.89. The molecular formula is C35H39ClN8O. The van der Waals surface area contributed by atoms with Gasteiger partial charge in [0.25, 0.3) is 5.91 Å². The molecule has 0 radical (unpaired) electrons. The van der Waals surface area contributed by atoms with Gasteiger partial charge in [-0.2, -0.15) is 0 Å². The second kappa shape index (κ2) is 13.4. The highest BCUT2D eigenvalue weighted by Gasteiger charge is 2.23. The molecule has 0 spiro atoms. The predicted molar refractivity (Wildman–Crippen MR) is 182 cm³/mol. The Morgan fingerprint density at radius 3 is 2.67 bits per heavy atom. The maximum Gasteiger partial charge on any atom is 0.291 e. The van der Waals surface area contributed by atoms with E-state index in [-0.39, 0.29) is 5.91 Å². The minimum Gasteiger partial charge on any atom is -0.338 e. The fourth-order valence-electron chi connectivity index (χ4n) is 6.07. The third kappa shape index (κ3) is 6.29. The van der Waals surface area contributed by atoms with Gasteiger partial charge >= 0.3 is 0 Å². The molecule has 6 rings (SSSR count). The summed E-state index contributed by atoms with van der Waals surface area (Å²) in [6, 6.07) is 15.9. The lowest BCUT2D eigenvalue weighted by molar-refractivity contribution is 0.101. The van der Waals surface area contributed by atoms with Crippen LogP contribution in [-0.2, 0) is 26.6 Å². The van der Waals surface area contributed by atoms with E-state index in [1.165, 1.54) is 5.56 Å². The molecule has 0 bridgehead atoms. The van der Waals surface area contributed by atoms with Crippen LogP contribution in [0.15, 0.2) is 60.9 Å². The molecular weight excluding hydrogens is 584 g/mol. The van der Waals surface area contributed by atoms with E-state index in [1.54, 1.807) is 0 Å². The second-order valence-electron chi connectivity index (χ2n) is 11.5. The summed E-state index contributed by atoms with van der Waals surface area (Å²) in [4.78, 5) is 29.8. The number of nitrogens with one attached hydrogen (secondary N) is 3. The molecule has 45 heavy (non-hydrogen) atoms. The van der Waals surface area contributed by atoms with Crippen molar-refractivity contribution < 1.29 is 4.79 Å². The summed E-state index contributed by atoms with van der Waals surface area (Å²) < 4.78 is 1.88. The van der Waals surface area contributed by atoms with E-state index < -0.39 is 0 Å². The van der Waals surface area contributed by atoms with Gasteiger partial charge in [-0.3, -0.25) is 14.7 Å². The summed E-state index contributed by atoms with van der Waals surface area (Å²) in [6.07, 6.45) is 5.73. The first-order chi connectivity index (χ1) is 21.9. The van der Waals surface area contributed by atoms with Crippen LogP contribution in [-0.4, -0.2) is 50.0 Å². The molecule has 1 amide bonds. The first kappa shape index (κ1) is 30.7. The Kier molecular flexibility index (Phi) is 9.11. The molecule has 0 atom stereocenters. The second-order valence-corrected chi connectivity index (χ2v) is 11.9. The quantitative estimate of drug-likeness (QED) is 0.156. The van der Waals surface area contributed by atoms with Crippen LogP contribution < -0.4 is 16.0 Å². The number of carbonyl (C=O) groups is 1. The van der Waals surface area contributed by atoms with Gasteiger partial charge in [0.2, 0.25) is 0 Å². The molecule has 232 valence electrons. The van der Waals surface area contributed by atoms with Gasteiger partial charge in [-0.1, -0.05) is 49.7 Å². The van der Waals surface area contributed by atoms with Crippen molar-refractivity contribution in [3.8, 4) is 11.1 Å². The Balaban J connectivity index is 1.25. The van der Waals surface area contributed by atoms with Gasteiger partial charge in [0, 0.05) is 67.8 Å². The maximum absolute atomic E-state index is 13.3. The molecule has 1 aliphatic heterocycles. The van der Waals surface area contributed by atoms with Gasteiger partial charge in [0.15, 0.2) is 11.6 Å². The minimum absolute atomic E-state index is 0.288. The number of anilines is 3. The lowest BCUT2D eigenvalue weighted by Crippen LogP contribution is -2.24. The Morgan fingerprint density at radius 2 is 1.89 bits per heavy atom. The highest BCUT2D eigenvalue weighted by molar-refractivity contribution is 6.36. The van der Waals surface area contributed by atoms with Gasteiger partial charge in [0.05, 0.1) is 16.4 Å². The Labute approximate surface area is 269 Å². The molecule has 10 heteroatoms. The molecule has 3 N–H and O–H groups in total. The normalized spacial score (nSPS) is 12.8. The van der Waals surface area contributed by atoms with Gasteiger partial charge < -0.3 is 20.5 Å². The number of carbonyl (C=O) groups excluding carboxylic acids is 1. The fourth-order valence-corrected chi connectivity index (χ4v) is 6.35. The van der Waals surface area contributed by atoms with E-state index in [0.717, 1.165) is 83.7 Å². The molecule has 2 aromatic carbocycles.